The molecule has 0 radical (unpaired) electrons. The van der Waals surface area contributed by atoms with Crippen LogP contribution >= 0.6 is 0 Å². The second-order valence-corrected chi connectivity index (χ2v) is 9.28. The molecule has 0 aliphatic heterocycles. The minimum absolute atomic E-state index is 0.00673. The maximum absolute atomic E-state index is 13.7. The third kappa shape index (κ3) is 7.58. The van der Waals surface area contributed by atoms with Crippen LogP contribution in [0.15, 0.2) is 84.9 Å². The van der Waals surface area contributed by atoms with Crippen molar-refractivity contribution in [1.82, 2.24) is 10.2 Å². The minimum atomic E-state index is -0.580. The van der Waals surface area contributed by atoms with Crippen molar-refractivity contribution in [2.45, 2.75) is 52.6 Å². The summed E-state index contributed by atoms with van der Waals surface area (Å²) in [5, 5.41) is 3.08. The van der Waals surface area contributed by atoms with Gasteiger partial charge in [-0.1, -0.05) is 98.8 Å². The van der Waals surface area contributed by atoms with Gasteiger partial charge in [-0.3, -0.25) is 9.59 Å². The molecule has 34 heavy (non-hydrogen) atoms. The summed E-state index contributed by atoms with van der Waals surface area (Å²) in [5.74, 6) is 0.229. The first-order chi connectivity index (χ1) is 16.4. The monoisotopic (exact) mass is 456 g/mol. The summed E-state index contributed by atoms with van der Waals surface area (Å²) in [7, 11) is 0. The third-order valence-electron chi connectivity index (χ3n) is 6.03. The minimum Gasteiger partial charge on any atom is -0.354 e. The Morgan fingerprint density at radius 3 is 2.03 bits per heavy atom. The van der Waals surface area contributed by atoms with Crippen LogP contribution < -0.4 is 5.32 Å². The molecule has 3 rings (SSSR count). The van der Waals surface area contributed by atoms with Crippen LogP contribution in [0, 0.1) is 12.8 Å². The molecule has 0 unspecified atom stereocenters. The zero-order valence-corrected chi connectivity index (χ0v) is 20.5. The number of carbonyl (C=O) groups excluding carboxylic acids is 2. The van der Waals surface area contributed by atoms with Crippen LogP contribution in [-0.4, -0.2) is 29.3 Å². The number of hydrogen-bond donors (Lipinski definition) is 1. The molecule has 3 aromatic rings. The largest absolute Gasteiger partial charge is 0.354 e. The van der Waals surface area contributed by atoms with Crippen LogP contribution in [0.4, 0.5) is 0 Å². The number of aryl methyl sites for hydroxylation is 2. The second-order valence-electron chi connectivity index (χ2n) is 9.28. The molecule has 1 atom stereocenters. The average Bonchev–Trinajstić information content (AvgIpc) is 2.85. The van der Waals surface area contributed by atoms with Gasteiger partial charge in [0.25, 0.3) is 0 Å². The lowest BCUT2D eigenvalue weighted by Crippen LogP contribution is -2.51. The van der Waals surface area contributed by atoms with Gasteiger partial charge in [0.15, 0.2) is 0 Å². The van der Waals surface area contributed by atoms with Crippen LogP contribution in [0.25, 0.3) is 0 Å². The van der Waals surface area contributed by atoms with E-state index in [-0.39, 0.29) is 11.8 Å². The van der Waals surface area contributed by atoms with Crippen molar-refractivity contribution < 1.29 is 9.59 Å². The molecule has 4 nitrogen and oxygen atoms in total. The van der Waals surface area contributed by atoms with Gasteiger partial charge in [0, 0.05) is 25.9 Å². The van der Waals surface area contributed by atoms with Crippen molar-refractivity contribution >= 4 is 11.8 Å². The molecule has 0 bridgehead atoms. The lowest BCUT2D eigenvalue weighted by molar-refractivity contribution is -0.141. The zero-order chi connectivity index (χ0) is 24.3. The first kappa shape index (κ1) is 25.2. The predicted octanol–water partition coefficient (Wildman–Crippen LogP) is 5.34. The topological polar surface area (TPSA) is 49.4 Å². The first-order valence-corrected chi connectivity index (χ1v) is 12.1. The summed E-state index contributed by atoms with van der Waals surface area (Å²) in [6.07, 6.45) is 1.49. The molecular formula is C30H36N2O2. The van der Waals surface area contributed by atoms with E-state index in [0.29, 0.717) is 38.3 Å². The van der Waals surface area contributed by atoms with Crippen LogP contribution in [0.1, 0.15) is 42.5 Å². The van der Waals surface area contributed by atoms with Crippen LogP contribution in [0.2, 0.25) is 0 Å². The molecule has 178 valence electrons. The Morgan fingerprint density at radius 1 is 0.824 bits per heavy atom. The molecule has 3 aromatic carbocycles. The Kier molecular flexibility index (Phi) is 9.45. The fourth-order valence-corrected chi connectivity index (χ4v) is 3.99. The van der Waals surface area contributed by atoms with Crippen molar-refractivity contribution in [2.24, 2.45) is 5.92 Å². The van der Waals surface area contributed by atoms with Gasteiger partial charge in [0.05, 0.1) is 0 Å². The third-order valence-corrected chi connectivity index (χ3v) is 6.03. The van der Waals surface area contributed by atoms with E-state index in [1.807, 2.05) is 91.9 Å². The number of benzene rings is 3. The van der Waals surface area contributed by atoms with Crippen molar-refractivity contribution in [2.75, 3.05) is 6.54 Å². The van der Waals surface area contributed by atoms with Gasteiger partial charge >= 0.3 is 0 Å². The normalized spacial score (nSPS) is 11.8. The summed E-state index contributed by atoms with van der Waals surface area (Å²) in [4.78, 5) is 28.9. The molecule has 1 N–H and O–H groups in total. The smallest absolute Gasteiger partial charge is 0.243 e. The highest BCUT2D eigenvalue weighted by molar-refractivity contribution is 5.88. The van der Waals surface area contributed by atoms with Gasteiger partial charge in [-0.2, -0.15) is 0 Å². The van der Waals surface area contributed by atoms with Crippen LogP contribution in [0.5, 0.6) is 0 Å². The average molecular weight is 457 g/mol. The quantitative estimate of drug-likeness (QED) is 0.423. The Hall–Kier alpha value is -3.40. The number of hydrogen-bond acceptors (Lipinski definition) is 2. The van der Waals surface area contributed by atoms with Gasteiger partial charge in [-0.25, -0.2) is 0 Å². The second kappa shape index (κ2) is 12.7. The van der Waals surface area contributed by atoms with E-state index in [9.17, 15) is 9.59 Å². The van der Waals surface area contributed by atoms with Gasteiger partial charge < -0.3 is 10.2 Å². The molecule has 0 saturated carbocycles. The number of rotatable bonds is 11. The molecular weight excluding hydrogens is 420 g/mol. The van der Waals surface area contributed by atoms with E-state index in [0.717, 1.165) is 22.3 Å². The summed E-state index contributed by atoms with van der Waals surface area (Å²) < 4.78 is 0. The molecule has 0 spiro atoms. The molecule has 0 aliphatic rings. The summed E-state index contributed by atoms with van der Waals surface area (Å²) in [6.45, 7) is 7.19. The molecule has 0 heterocycles. The SMILES string of the molecule is Cc1ccccc1CN(C(=O)CCc1ccccc1)[C@@H](Cc1ccccc1)C(=O)NCC(C)C. The van der Waals surface area contributed by atoms with E-state index >= 15 is 0 Å². The van der Waals surface area contributed by atoms with Crippen molar-refractivity contribution in [3.05, 3.63) is 107 Å². The maximum atomic E-state index is 13.7. The Labute approximate surface area is 204 Å². The summed E-state index contributed by atoms with van der Waals surface area (Å²) >= 11 is 0. The number of nitrogens with zero attached hydrogens (tertiary/aromatic N) is 1. The Bertz CT molecular complexity index is 1050. The molecule has 0 fully saturated rings. The highest BCUT2D eigenvalue weighted by atomic mass is 16.2. The van der Waals surface area contributed by atoms with Crippen molar-refractivity contribution in [3.8, 4) is 0 Å². The van der Waals surface area contributed by atoms with Crippen LogP contribution in [-0.2, 0) is 29.0 Å². The molecule has 0 aliphatic carbocycles. The zero-order valence-electron chi connectivity index (χ0n) is 20.5. The number of carbonyl (C=O) groups is 2. The summed E-state index contributed by atoms with van der Waals surface area (Å²) in [6, 6.07) is 27.5. The van der Waals surface area contributed by atoms with Gasteiger partial charge in [0.1, 0.15) is 6.04 Å². The highest BCUT2D eigenvalue weighted by Crippen LogP contribution is 2.19. The lowest BCUT2D eigenvalue weighted by atomic mass is 10.00. The highest BCUT2D eigenvalue weighted by Gasteiger charge is 2.30. The Balaban J connectivity index is 1.90. The van der Waals surface area contributed by atoms with Crippen molar-refractivity contribution in [3.63, 3.8) is 0 Å². The molecule has 0 saturated heterocycles. The Morgan fingerprint density at radius 2 is 1.41 bits per heavy atom. The van der Waals surface area contributed by atoms with E-state index in [2.05, 4.69) is 19.2 Å². The maximum Gasteiger partial charge on any atom is 0.243 e. The predicted molar refractivity (Wildman–Crippen MR) is 138 cm³/mol. The first-order valence-electron chi connectivity index (χ1n) is 12.1. The standard InChI is InChI=1S/C30H36N2O2/c1-23(2)21-31-30(34)28(20-26-15-8-5-9-16-26)32(22-27-17-11-10-12-24(27)3)29(33)19-18-25-13-6-4-7-14-25/h4-17,23,28H,18-22H2,1-3H3,(H,31,34)/t28-/m0/s1. The van der Waals surface area contributed by atoms with E-state index < -0.39 is 6.04 Å². The molecule has 4 heteroatoms. The number of nitrogens with one attached hydrogen (secondary N) is 1. The van der Waals surface area contributed by atoms with E-state index in [1.54, 1.807) is 4.90 Å². The van der Waals surface area contributed by atoms with Gasteiger partial charge in [-0.15, -0.1) is 0 Å². The fourth-order valence-electron chi connectivity index (χ4n) is 3.99. The van der Waals surface area contributed by atoms with Crippen LogP contribution in [0.3, 0.4) is 0 Å². The van der Waals surface area contributed by atoms with E-state index in [1.165, 1.54) is 0 Å². The van der Waals surface area contributed by atoms with Gasteiger partial charge in [-0.05, 0) is 41.5 Å². The van der Waals surface area contributed by atoms with Gasteiger partial charge in [0.2, 0.25) is 11.8 Å². The molecule has 2 amide bonds. The molecule has 0 aromatic heterocycles. The number of amides is 2. The van der Waals surface area contributed by atoms with E-state index in [4.69, 9.17) is 0 Å². The summed E-state index contributed by atoms with van der Waals surface area (Å²) in [5.41, 5.74) is 4.34. The fraction of sp³-hybridized carbons (Fsp3) is 0.333. The lowest BCUT2D eigenvalue weighted by Gasteiger charge is -2.32. The van der Waals surface area contributed by atoms with Crippen molar-refractivity contribution in [1.29, 1.82) is 0 Å².